The fourth-order valence-electron chi connectivity index (χ4n) is 1.77. The highest BCUT2D eigenvalue weighted by molar-refractivity contribution is 5.40. The molecule has 0 aliphatic heterocycles. The molecular weight excluding hydrogens is 240 g/mol. The van der Waals surface area contributed by atoms with Crippen molar-refractivity contribution in [3.8, 4) is 11.6 Å². The van der Waals surface area contributed by atoms with E-state index in [4.69, 9.17) is 9.84 Å². The molecule has 0 bridgehead atoms. The molecule has 0 radical (unpaired) electrons. The number of rotatable bonds is 3. The van der Waals surface area contributed by atoms with E-state index in [-0.39, 0.29) is 12.0 Å². The lowest BCUT2D eigenvalue weighted by atomic mass is 9.86. The highest BCUT2D eigenvalue weighted by Crippen LogP contribution is 2.33. The number of aromatic nitrogens is 2. The maximum atomic E-state index is 8.93. The van der Waals surface area contributed by atoms with Crippen LogP contribution in [-0.4, -0.2) is 15.1 Å². The second-order valence-electron chi connectivity index (χ2n) is 5.35. The standard InChI is InChI=1S/C15H18N2O2/c1-15(2,3)12-6-4-5-7-13(12)19-14-9-16-11(10-18)8-17-14/h4-9,18H,10H2,1-3H3. The molecule has 4 nitrogen and oxygen atoms in total. The van der Waals surface area contributed by atoms with Crippen molar-refractivity contribution in [1.29, 1.82) is 0 Å². The molecule has 0 atom stereocenters. The molecule has 1 heterocycles. The maximum Gasteiger partial charge on any atom is 0.237 e. The first-order valence-corrected chi connectivity index (χ1v) is 6.20. The summed E-state index contributed by atoms with van der Waals surface area (Å²) in [7, 11) is 0. The molecule has 0 aliphatic carbocycles. The number of ether oxygens (including phenoxy) is 1. The van der Waals surface area contributed by atoms with Gasteiger partial charge in [0.05, 0.1) is 24.7 Å². The monoisotopic (exact) mass is 258 g/mol. The highest BCUT2D eigenvalue weighted by atomic mass is 16.5. The number of benzene rings is 1. The smallest absolute Gasteiger partial charge is 0.237 e. The van der Waals surface area contributed by atoms with Gasteiger partial charge in [0, 0.05) is 5.56 Å². The van der Waals surface area contributed by atoms with Crippen molar-refractivity contribution < 1.29 is 9.84 Å². The molecule has 19 heavy (non-hydrogen) atoms. The first-order chi connectivity index (χ1) is 9.00. The SMILES string of the molecule is CC(C)(C)c1ccccc1Oc1cnc(CO)cn1. The summed E-state index contributed by atoms with van der Waals surface area (Å²) in [5.74, 6) is 1.20. The Kier molecular flexibility index (Phi) is 3.81. The fourth-order valence-corrected chi connectivity index (χ4v) is 1.77. The van der Waals surface area contributed by atoms with Crippen LogP contribution in [0.2, 0.25) is 0 Å². The van der Waals surface area contributed by atoms with Gasteiger partial charge < -0.3 is 9.84 Å². The largest absolute Gasteiger partial charge is 0.437 e. The Hall–Kier alpha value is -1.94. The minimum Gasteiger partial charge on any atom is -0.437 e. The first kappa shape index (κ1) is 13.5. The molecule has 1 aromatic heterocycles. The van der Waals surface area contributed by atoms with Gasteiger partial charge in [0.1, 0.15) is 5.75 Å². The maximum absolute atomic E-state index is 8.93. The molecule has 0 saturated heterocycles. The van der Waals surface area contributed by atoms with Crippen molar-refractivity contribution in [3.05, 3.63) is 47.9 Å². The highest BCUT2D eigenvalue weighted by Gasteiger charge is 2.18. The Labute approximate surface area is 113 Å². The molecule has 0 spiro atoms. The van der Waals surface area contributed by atoms with Gasteiger partial charge in [0.25, 0.3) is 0 Å². The molecule has 2 rings (SSSR count). The van der Waals surface area contributed by atoms with Gasteiger partial charge >= 0.3 is 0 Å². The van der Waals surface area contributed by atoms with E-state index in [1.165, 1.54) is 12.4 Å². The lowest BCUT2D eigenvalue weighted by Crippen LogP contribution is -2.12. The number of aliphatic hydroxyl groups is 1. The Balaban J connectivity index is 2.28. The van der Waals surface area contributed by atoms with Crippen LogP contribution in [0, 0.1) is 0 Å². The minimum atomic E-state index is -0.119. The van der Waals surface area contributed by atoms with Crippen LogP contribution in [0.15, 0.2) is 36.7 Å². The van der Waals surface area contributed by atoms with E-state index in [2.05, 4.69) is 30.7 Å². The van der Waals surface area contributed by atoms with E-state index in [9.17, 15) is 0 Å². The summed E-state index contributed by atoms with van der Waals surface area (Å²) in [5.41, 5.74) is 1.63. The van der Waals surface area contributed by atoms with E-state index in [1.54, 1.807) is 0 Å². The predicted molar refractivity (Wildman–Crippen MR) is 73.2 cm³/mol. The van der Waals surface area contributed by atoms with E-state index in [0.29, 0.717) is 11.6 Å². The van der Waals surface area contributed by atoms with Crippen molar-refractivity contribution in [2.24, 2.45) is 0 Å². The first-order valence-electron chi connectivity index (χ1n) is 6.20. The third kappa shape index (κ3) is 3.29. The van der Waals surface area contributed by atoms with Gasteiger partial charge in [-0.1, -0.05) is 39.0 Å². The van der Waals surface area contributed by atoms with Crippen LogP contribution in [0.3, 0.4) is 0 Å². The second-order valence-corrected chi connectivity index (χ2v) is 5.35. The van der Waals surface area contributed by atoms with Gasteiger partial charge in [-0.2, -0.15) is 0 Å². The minimum absolute atomic E-state index is 0.00490. The summed E-state index contributed by atoms with van der Waals surface area (Å²) in [6, 6.07) is 7.89. The molecule has 0 unspecified atom stereocenters. The molecule has 1 N–H and O–H groups in total. The molecular formula is C15H18N2O2. The number of hydrogen-bond acceptors (Lipinski definition) is 4. The zero-order valence-corrected chi connectivity index (χ0v) is 11.4. The second kappa shape index (κ2) is 5.36. The molecule has 0 amide bonds. The van der Waals surface area contributed by atoms with Gasteiger partial charge in [-0.25, -0.2) is 4.98 Å². The summed E-state index contributed by atoms with van der Waals surface area (Å²) in [6.07, 6.45) is 3.03. The van der Waals surface area contributed by atoms with Crippen molar-refractivity contribution in [2.75, 3.05) is 0 Å². The Morgan fingerprint density at radius 1 is 1.11 bits per heavy atom. The molecule has 100 valence electrons. The molecule has 2 aromatic rings. The Morgan fingerprint density at radius 3 is 2.42 bits per heavy atom. The zero-order chi connectivity index (χ0) is 13.9. The summed E-state index contributed by atoms with van der Waals surface area (Å²) in [4.78, 5) is 8.17. The quantitative estimate of drug-likeness (QED) is 0.919. The van der Waals surface area contributed by atoms with Crippen LogP contribution in [0.1, 0.15) is 32.0 Å². The molecule has 4 heteroatoms. The normalized spacial score (nSPS) is 11.4. The summed E-state index contributed by atoms with van der Waals surface area (Å²) in [5, 5.41) is 8.93. The van der Waals surface area contributed by atoms with Crippen LogP contribution in [0.4, 0.5) is 0 Å². The predicted octanol–water partition coefficient (Wildman–Crippen LogP) is 3.06. The lowest BCUT2D eigenvalue weighted by Gasteiger charge is -2.22. The van der Waals surface area contributed by atoms with E-state index in [0.717, 1.165) is 11.3 Å². The average Bonchev–Trinajstić information content (AvgIpc) is 2.39. The molecule has 0 saturated carbocycles. The van der Waals surface area contributed by atoms with Gasteiger partial charge in [-0.15, -0.1) is 0 Å². The van der Waals surface area contributed by atoms with Crippen LogP contribution in [-0.2, 0) is 12.0 Å². The molecule has 0 fully saturated rings. The van der Waals surface area contributed by atoms with E-state index < -0.39 is 0 Å². The number of para-hydroxylation sites is 1. The van der Waals surface area contributed by atoms with Crippen molar-refractivity contribution >= 4 is 0 Å². The molecule has 0 aliphatic rings. The van der Waals surface area contributed by atoms with Crippen molar-refractivity contribution in [2.45, 2.75) is 32.8 Å². The third-order valence-electron chi connectivity index (χ3n) is 2.75. The lowest BCUT2D eigenvalue weighted by molar-refractivity contribution is 0.275. The van der Waals surface area contributed by atoms with Crippen molar-refractivity contribution in [3.63, 3.8) is 0 Å². The zero-order valence-electron chi connectivity index (χ0n) is 11.4. The molecule has 1 aromatic carbocycles. The van der Waals surface area contributed by atoms with Gasteiger partial charge in [-0.3, -0.25) is 4.98 Å². The van der Waals surface area contributed by atoms with Crippen LogP contribution < -0.4 is 4.74 Å². The third-order valence-corrected chi connectivity index (χ3v) is 2.75. The van der Waals surface area contributed by atoms with Crippen LogP contribution in [0.5, 0.6) is 11.6 Å². The fraction of sp³-hybridized carbons (Fsp3) is 0.333. The number of nitrogens with zero attached hydrogens (tertiary/aromatic N) is 2. The average molecular weight is 258 g/mol. The van der Waals surface area contributed by atoms with Crippen LogP contribution >= 0.6 is 0 Å². The van der Waals surface area contributed by atoms with Crippen LogP contribution in [0.25, 0.3) is 0 Å². The number of aliphatic hydroxyl groups excluding tert-OH is 1. The number of hydrogen-bond donors (Lipinski definition) is 1. The van der Waals surface area contributed by atoms with Crippen molar-refractivity contribution in [1.82, 2.24) is 9.97 Å². The topological polar surface area (TPSA) is 55.2 Å². The summed E-state index contributed by atoms with van der Waals surface area (Å²) in [6.45, 7) is 6.28. The Bertz CT molecular complexity index is 545. The van der Waals surface area contributed by atoms with Gasteiger partial charge in [0.2, 0.25) is 5.88 Å². The Morgan fingerprint density at radius 2 is 1.84 bits per heavy atom. The van der Waals surface area contributed by atoms with Gasteiger partial charge in [0.15, 0.2) is 0 Å². The summed E-state index contributed by atoms with van der Waals surface area (Å²) >= 11 is 0. The van der Waals surface area contributed by atoms with E-state index >= 15 is 0 Å². The van der Waals surface area contributed by atoms with Gasteiger partial charge in [-0.05, 0) is 11.5 Å². The van der Waals surface area contributed by atoms with E-state index in [1.807, 2.05) is 24.3 Å². The summed E-state index contributed by atoms with van der Waals surface area (Å²) < 4.78 is 5.78.